The molecule has 0 aliphatic heterocycles. The normalized spacial score (nSPS) is 12.6. The molecule has 3 aromatic heterocycles. The fraction of sp³-hybridized carbons (Fsp3) is 0.333. The van der Waals surface area contributed by atoms with Crippen LogP contribution in [0.15, 0.2) is 51.3 Å². The second kappa shape index (κ2) is 9.28. The summed E-state index contributed by atoms with van der Waals surface area (Å²) in [7, 11) is 1.93. The van der Waals surface area contributed by atoms with E-state index in [2.05, 4.69) is 42.8 Å². The molecule has 1 unspecified atom stereocenters. The molecule has 0 spiro atoms. The third-order valence-corrected chi connectivity index (χ3v) is 6.35. The minimum absolute atomic E-state index is 0.0554. The number of pyridine rings is 1. The van der Waals surface area contributed by atoms with Crippen LogP contribution in [0.25, 0.3) is 5.13 Å². The zero-order chi connectivity index (χ0) is 21.0. The summed E-state index contributed by atoms with van der Waals surface area (Å²) >= 11 is 3.08. The fourth-order valence-electron chi connectivity index (χ4n) is 2.79. The van der Waals surface area contributed by atoms with Crippen molar-refractivity contribution >= 4 is 34.5 Å². The Kier molecular flexibility index (Phi) is 6.76. The van der Waals surface area contributed by atoms with Crippen molar-refractivity contribution in [1.29, 1.82) is 0 Å². The summed E-state index contributed by atoms with van der Waals surface area (Å²) in [6, 6.07) is 3.69. The maximum atomic E-state index is 12.6. The highest BCUT2D eigenvalue weighted by molar-refractivity contribution is 7.13. The maximum absolute atomic E-state index is 12.6. The number of hydrogen-bond donors (Lipinski definition) is 0. The molecule has 1 atom stereocenters. The van der Waals surface area contributed by atoms with Crippen molar-refractivity contribution in [1.82, 2.24) is 14.5 Å². The predicted molar refractivity (Wildman–Crippen MR) is 123 cm³/mol. The lowest BCUT2D eigenvalue weighted by Crippen LogP contribution is -2.17. The van der Waals surface area contributed by atoms with Gasteiger partial charge in [-0.25, -0.2) is 9.97 Å². The summed E-state index contributed by atoms with van der Waals surface area (Å²) in [5, 5.41) is 5.69. The first-order valence-corrected chi connectivity index (χ1v) is 11.1. The highest BCUT2D eigenvalue weighted by atomic mass is 32.1. The highest BCUT2D eigenvalue weighted by Crippen LogP contribution is 2.27. The molecule has 0 aromatic carbocycles. The van der Waals surface area contributed by atoms with Gasteiger partial charge in [-0.15, -0.1) is 22.7 Å². The second-order valence-electron chi connectivity index (χ2n) is 7.20. The van der Waals surface area contributed by atoms with Gasteiger partial charge in [-0.2, -0.15) is 0 Å². The van der Waals surface area contributed by atoms with E-state index in [1.807, 2.05) is 35.8 Å². The molecule has 3 aromatic rings. The van der Waals surface area contributed by atoms with Crippen LogP contribution < -0.4 is 10.5 Å². The van der Waals surface area contributed by atoms with Gasteiger partial charge in [0.2, 0.25) is 0 Å². The van der Waals surface area contributed by atoms with E-state index < -0.39 is 0 Å². The topological polar surface area (TPSA) is 63.4 Å². The minimum atomic E-state index is -0.0554. The van der Waals surface area contributed by atoms with Gasteiger partial charge < -0.3 is 4.90 Å². The van der Waals surface area contributed by atoms with Crippen LogP contribution in [-0.4, -0.2) is 28.3 Å². The van der Waals surface area contributed by atoms with Crippen molar-refractivity contribution < 1.29 is 0 Å². The summed E-state index contributed by atoms with van der Waals surface area (Å²) in [6.45, 7) is 9.76. The van der Waals surface area contributed by atoms with Crippen molar-refractivity contribution in [2.45, 2.75) is 39.0 Å². The molecule has 3 heterocycles. The Morgan fingerprint density at radius 1 is 1.24 bits per heavy atom. The molecule has 0 radical (unpaired) electrons. The molecule has 0 bridgehead atoms. The van der Waals surface area contributed by atoms with Gasteiger partial charge in [0.15, 0.2) is 10.3 Å². The molecular weight excluding hydrogens is 402 g/mol. The monoisotopic (exact) mass is 427 g/mol. The number of aromatic nitrogens is 3. The third-order valence-electron chi connectivity index (χ3n) is 4.55. The number of thiazole rings is 2. The van der Waals surface area contributed by atoms with Crippen molar-refractivity contribution in [3.63, 3.8) is 0 Å². The fourth-order valence-corrected chi connectivity index (χ4v) is 4.66. The Balaban J connectivity index is 1.73. The number of hydrogen-bond acceptors (Lipinski definition) is 7. The summed E-state index contributed by atoms with van der Waals surface area (Å²) < 4.78 is 1.61. The molecule has 0 saturated heterocycles. The Morgan fingerprint density at radius 3 is 2.66 bits per heavy atom. The largest absolute Gasteiger partial charge is 0.326 e. The Morgan fingerprint density at radius 2 is 2.00 bits per heavy atom. The van der Waals surface area contributed by atoms with E-state index >= 15 is 0 Å². The number of aliphatic imine (C=N–C) groups is 1. The van der Waals surface area contributed by atoms with Crippen LogP contribution in [-0.2, 0) is 6.42 Å². The van der Waals surface area contributed by atoms with Gasteiger partial charge in [-0.1, -0.05) is 20.8 Å². The van der Waals surface area contributed by atoms with Gasteiger partial charge in [-0.05, 0) is 30.7 Å². The first kappa shape index (κ1) is 21.1. The van der Waals surface area contributed by atoms with Crippen LogP contribution in [0.3, 0.4) is 0 Å². The molecule has 0 amide bonds. The molecule has 0 aliphatic carbocycles. The lowest BCUT2D eigenvalue weighted by atomic mass is 10.00. The lowest BCUT2D eigenvalue weighted by Gasteiger charge is -2.11. The number of nitrogens with zero attached hydrogens (tertiary/aromatic N) is 5. The van der Waals surface area contributed by atoms with Crippen molar-refractivity contribution in [2.75, 3.05) is 11.9 Å². The van der Waals surface area contributed by atoms with Crippen molar-refractivity contribution in [2.24, 2.45) is 4.99 Å². The summed E-state index contributed by atoms with van der Waals surface area (Å²) in [5.74, 6) is 0.555. The lowest BCUT2D eigenvalue weighted by molar-refractivity contribution is 0.732. The van der Waals surface area contributed by atoms with Crippen LogP contribution in [0.4, 0.5) is 5.13 Å². The quantitative estimate of drug-likeness (QED) is 0.483. The van der Waals surface area contributed by atoms with Gasteiger partial charge in [0.1, 0.15) is 0 Å². The van der Waals surface area contributed by atoms with Crippen molar-refractivity contribution in [3.05, 3.63) is 68.8 Å². The van der Waals surface area contributed by atoms with Crippen LogP contribution in [0.5, 0.6) is 0 Å². The van der Waals surface area contributed by atoms with E-state index in [0.29, 0.717) is 11.0 Å². The van der Waals surface area contributed by atoms with E-state index in [1.54, 1.807) is 28.2 Å². The smallest absolute Gasteiger partial charge is 0.257 e. The molecule has 0 fully saturated rings. The molecule has 29 heavy (non-hydrogen) atoms. The number of anilines is 1. The Labute approximate surface area is 178 Å². The first-order chi connectivity index (χ1) is 13.9. The van der Waals surface area contributed by atoms with Crippen LogP contribution in [0.1, 0.15) is 49.6 Å². The summed E-state index contributed by atoms with van der Waals surface area (Å²) in [6.07, 6.45) is 6.03. The van der Waals surface area contributed by atoms with Gasteiger partial charge in [-0.3, -0.25) is 14.4 Å². The van der Waals surface area contributed by atoms with Gasteiger partial charge in [0.25, 0.3) is 5.56 Å². The van der Waals surface area contributed by atoms with Gasteiger partial charge >= 0.3 is 0 Å². The predicted octanol–water partition coefficient (Wildman–Crippen LogP) is 4.83. The van der Waals surface area contributed by atoms with E-state index in [9.17, 15) is 4.79 Å². The molecular formula is C21H25N5OS2. The van der Waals surface area contributed by atoms with Gasteiger partial charge in [0.05, 0.1) is 11.4 Å². The first-order valence-electron chi connectivity index (χ1n) is 9.37. The molecule has 0 saturated carbocycles. The Bertz CT molecular complexity index is 1060. The third kappa shape index (κ3) is 5.07. The average molecular weight is 428 g/mol. The molecule has 152 valence electrons. The zero-order valence-corrected chi connectivity index (χ0v) is 18.7. The summed E-state index contributed by atoms with van der Waals surface area (Å²) in [4.78, 5) is 27.5. The molecule has 3 rings (SSSR count). The SMILES string of the molecule is C=N/C=C\N(C)c1nc(C(C)Cc2ccn(-c3nc(C(C)C)cs3)c(=O)c2)cs1. The van der Waals surface area contributed by atoms with E-state index in [4.69, 9.17) is 4.98 Å². The second-order valence-corrected chi connectivity index (χ2v) is 8.88. The van der Waals surface area contributed by atoms with Crippen LogP contribution in [0, 0.1) is 0 Å². The molecule has 6 nitrogen and oxygen atoms in total. The maximum Gasteiger partial charge on any atom is 0.257 e. The zero-order valence-electron chi connectivity index (χ0n) is 17.1. The minimum Gasteiger partial charge on any atom is -0.326 e. The molecule has 0 N–H and O–H groups in total. The number of rotatable bonds is 8. The van der Waals surface area contributed by atoms with Crippen LogP contribution >= 0.6 is 22.7 Å². The summed E-state index contributed by atoms with van der Waals surface area (Å²) in [5.41, 5.74) is 2.97. The highest BCUT2D eigenvalue weighted by Gasteiger charge is 2.14. The van der Waals surface area contributed by atoms with E-state index in [0.717, 1.165) is 28.5 Å². The van der Waals surface area contributed by atoms with E-state index in [-0.39, 0.29) is 11.5 Å². The van der Waals surface area contributed by atoms with Crippen LogP contribution in [0.2, 0.25) is 0 Å². The van der Waals surface area contributed by atoms with Gasteiger partial charge in [0, 0.05) is 48.4 Å². The van der Waals surface area contributed by atoms with E-state index in [1.165, 1.54) is 11.3 Å². The van der Waals surface area contributed by atoms with Crippen molar-refractivity contribution in [3.8, 4) is 5.13 Å². The Hall–Kier alpha value is -2.58. The standard InChI is InChI=1S/C21H25N5OS2/c1-14(2)17-12-29-21(23-17)26-8-6-16(11-19(26)27)10-15(3)18-13-28-20(24-18)25(5)9-7-22-4/h6-9,11-15H,4,10H2,1-3,5H3/b9-7-. The average Bonchev–Trinajstić information content (AvgIpc) is 3.36. The molecule has 0 aliphatic rings. The molecule has 8 heteroatoms.